The molecule has 2 nitrogen and oxygen atoms in total. The molecular formula is C9H17NO. The Balaban J connectivity index is 3.78. The number of carbonyl (C=O) groups excluding carboxylic acids is 1. The van der Waals surface area contributed by atoms with Gasteiger partial charge in [0, 0.05) is 12.1 Å². The van der Waals surface area contributed by atoms with Crippen LogP contribution in [0.4, 0.5) is 0 Å². The second-order valence-corrected chi connectivity index (χ2v) is 3.62. The second kappa shape index (κ2) is 4.29. The van der Waals surface area contributed by atoms with Gasteiger partial charge in [-0.1, -0.05) is 6.08 Å². The van der Waals surface area contributed by atoms with Crippen molar-refractivity contribution in [1.82, 2.24) is 4.90 Å². The first-order chi connectivity index (χ1) is 4.98. The van der Waals surface area contributed by atoms with Gasteiger partial charge in [-0.3, -0.25) is 9.69 Å². The molecule has 64 valence electrons. The van der Waals surface area contributed by atoms with Crippen LogP contribution in [0.2, 0.25) is 0 Å². The van der Waals surface area contributed by atoms with Gasteiger partial charge in [-0.05, 0) is 33.9 Å². The topological polar surface area (TPSA) is 20.3 Å². The van der Waals surface area contributed by atoms with E-state index in [1.807, 2.05) is 13.1 Å². The van der Waals surface area contributed by atoms with E-state index in [2.05, 4.69) is 25.7 Å². The molecule has 0 radical (unpaired) electrons. The average Bonchev–Trinajstić information content (AvgIpc) is 1.86. The van der Waals surface area contributed by atoms with E-state index in [1.165, 1.54) is 6.08 Å². The van der Waals surface area contributed by atoms with Gasteiger partial charge in [0.05, 0.1) is 0 Å². The summed E-state index contributed by atoms with van der Waals surface area (Å²) < 4.78 is 0. The molecule has 0 aromatic heterocycles. The maximum absolute atomic E-state index is 9.93. The number of hydrogen-bond donors (Lipinski definition) is 0. The molecule has 0 aromatic rings. The lowest BCUT2D eigenvalue weighted by molar-refractivity contribution is -0.104. The van der Waals surface area contributed by atoms with Gasteiger partial charge in [-0.2, -0.15) is 0 Å². The van der Waals surface area contributed by atoms with Crippen molar-refractivity contribution in [3.05, 3.63) is 12.2 Å². The standard InChI is InChI=1S/C9H17NO/c1-9(2,3)10(4)7-5-6-8-11/h5-6,8H,7H2,1-4H3/b6-5-. The number of aldehydes is 1. The molecule has 0 aromatic carbocycles. The highest BCUT2D eigenvalue weighted by atomic mass is 16.1. The molecule has 0 unspecified atom stereocenters. The molecule has 0 aliphatic rings. The molecule has 0 aliphatic heterocycles. The molecule has 0 aliphatic carbocycles. The first-order valence-electron chi connectivity index (χ1n) is 3.80. The lowest BCUT2D eigenvalue weighted by Crippen LogP contribution is -2.37. The Hall–Kier alpha value is -0.630. The lowest BCUT2D eigenvalue weighted by atomic mass is 10.1. The number of hydrogen-bond acceptors (Lipinski definition) is 2. The molecule has 0 fully saturated rings. The van der Waals surface area contributed by atoms with Crippen LogP contribution in [0.15, 0.2) is 12.2 Å². The maximum atomic E-state index is 9.93. The zero-order valence-electron chi connectivity index (χ0n) is 7.79. The number of rotatable bonds is 3. The first kappa shape index (κ1) is 10.4. The maximum Gasteiger partial charge on any atom is 0.142 e. The molecule has 0 spiro atoms. The molecule has 0 bridgehead atoms. The molecule has 0 saturated carbocycles. The average molecular weight is 155 g/mol. The van der Waals surface area contributed by atoms with Crippen LogP contribution in [-0.4, -0.2) is 30.3 Å². The predicted octanol–water partition coefficient (Wildman–Crippen LogP) is 1.47. The summed E-state index contributed by atoms with van der Waals surface area (Å²) in [5, 5.41) is 0. The minimum atomic E-state index is 0.174. The van der Waals surface area contributed by atoms with Crippen LogP contribution in [0.25, 0.3) is 0 Å². The fraction of sp³-hybridized carbons (Fsp3) is 0.667. The molecule has 0 saturated heterocycles. The van der Waals surface area contributed by atoms with Crippen LogP contribution >= 0.6 is 0 Å². The Bertz CT molecular complexity index is 144. The van der Waals surface area contributed by atoms with Gasteiger partial charge >= 0.3 is 0 Å². The molecule has 0 N–H and O–H groups in total. The van der Waals surface area contributed by atoms with E-state index in [0.717, 1.165) is 12.8 Å². The van der Waals surface area contributed by atoms with E-state index >= 15 is 0 Å². The van der Waals surface area contributed by atoms with Crippen LogP contribution in [0, 0.1) is 0 Å². The fourth-order valence-electron chi connectivity index (χ4n) is 0.548. The van der Waals surface area contributed by atoms with Crippen molar-refractivity contribution in [2.75, 3.05) is 13.6 Å². The third-order valence-corrected chi connectivity index (χ3v) is 1.74. The number of likely N-dealkylation sites (N-methyl/N-ethyl adjacent to an activating group) is 1. The summed E-state index contributed by atoms with van der Waals surface area (Å²) in [5.41, 5.74) is 0.174. The van der Waals surface area contributed by atoms with Crippen molar-refractivity contribution >= 4 is 6.29 Å². The van der Waals surface area contributed by atoms with E-state index in [-0.39, 0.29) is 5.54 Å². The monoisotopic (exact) mass is 155 g/mol. The normalized spacial score (nSPS) is 12.8. The van der Waals surface area contributed by atoms with Crippen molar-refractivity contribution in [2.45, 2.75) is 26.3 Å². The Morgan fingerprint density at radius 2 is 1.91 bits per heavy atom. The Labute approximate surface area is 68.9 Å². The smallest absolute Gasteiger partial charge is 0.142 e. The first-order valence-corrected chi connectivity index (χ1v) is 3.80. The molecular weight excluding hydrogens is 138 g/mol. The third kappa shape index (κ3) is 4.73. The minimum Gasteiger partial charge on any atom is -0.299 e. The van der Waals surface area contributed by atoms with Gasteiger partial charge in [-0.15, -0.1) is 0 Å². The summed E-state index contributed by atoms with van der Waals surface area (Å²) in [4.78, 5) is 12.1. The lowest BCUT2D eigenvalue weighted by Gasteiger charge is -2.30. The van der Waals surface area contributed by atoms with E-state index in [9.17, 15) is 4.79 Å². The van der Waals surface area contributed by atoms with Crippen molar-refractivity contribution in [2.24, 2.45) is 0 Å². The number of carbonyl (C=O) groups is 1. The summed E-state index contributed by atoms with van der Waals surface area (Å²) in [6, 6.07) is 0. The highest BCUT2D eigenvalue weighted by molar-refractivity contribution is 5.64. The largest absolute Gasteiger partial charge is 0.299 e. The van der Waals surface area contributed by atoms with Crippen molar-refractivity contribution in [3.63, 3.8) is 0 Å². The van der Waals surface area contributed by atoms with Crippen LogP contribution in [0.3, 0.4) is 0 Å². The zero-order chi connectivity index (χ0) is 8.91. The number of allylic oxidation sites excluding steroid dienone is 1. The summed E-state index contributed by atoms with van der Waals surface area (Å²) in [6.07, 6.45) is 4.19. The SMILES string of the molecule is CN(C/C=C\C=O)C(C)(C)C. The summed E-state index contributed by atoms with van der Waals surface area (Å²) in [5.74, 6) is 0. The third-order valence-electron chi connectivity index (χ3n) is 1.74. The Kier molecular flexibility index (Phi) is 4.04. The molecule has 0 heterocycles. The molecule has 2 heteroatoms. The highest BCUT2D eigenvalue weighted by Crippen LogP contribution is 2.09. The van der Waals surface area contributed by atoms with E-state index in [0.29, 0.717) is 0 Å². The quantitative estimate of drug-likeness (QED) is 0.454. The van der Waals surface area contributed by atoms with Gasteiger partial charge in [0.1, 0.15) is 6.29 Å². The molecule has 0 atom stereocenters. The van der Waals surface area contributed by atoms with Gasteiger partial charge < -0.3 is 0 Å². The van der Waals surface area contributed by atoms with Crippen LogP contribution in [-0.2, 0) is 4.79 Å². The molecule has 0 amide bonds. The van der Waals surface area contributed by atoms with Crippen molar-refractivity contribution in [1.29, 1.82) is 0 Å². The summed E-state index contributed by atoms with van der Waals surface area (Å²) in [6.45, 7) is 7.24. The predicted molar refractivity (Wildman–Crippen MR) is 47.6 cm³/mol. The van der Waals surface area contributed by atoms with E-state index < -0.39 is 0 Å². The van der Waals surface area contributed by atoms with Crippen LogP contribution < -0.4 is 0 Å². The summed E-state index contributed by atoms with van der Waals surface area (Å²) in [7, 11) is 2.04. The molecule has 0 rings (SSSR count). The fourth-order valence-corrected chi connectivity index (χ4v) is 0.548. The van der Waals surface area contributed by atoms with Crippen molar-refractivity contribution in [3.8, 4) is 0 Å². The van der Waals surface area contributed by atoms with E-state index in [1.54, 1.807) is 0 Å². The van der Waals surface area contributed by atoms with Gasteiger partial charge in [0.2, 0.25) is 0 Å². The zero-order valence-corrected chi connectivity index (χ0v) is 7.79. The van der Waals surface area contributed by atoms with E-state index in [4.69, 9.17) is 0 Å². The van der Waals surface area contributed by atoms with Gasteiger partial charge in [0.25, 0.3) is 0 Å². The van der Waals surface area contributed by atoms with Gasteiger partial charge in [0.15, 0.2) is 0 Å². The van der Waals surface area contributed by atoms with Crippen molar-refractivity contribution < 1.29 is 4.79 Å². The Morgan fingerprint density at radius 3 is 2.27 bits per heavy atom. The summed E-state index contributed by atoms with van der Waals surface area (Å²) >= 11 is 0. The minimum absolute atomic E-state index is 0.174. The second-order valence-electron chi connectivity index (χ2n) is 3.62. The van der Waals surface area contributed by atoms with Crippen LogP contribution in [0.5, 0.6) is 0 Å². The Morgan fingerprint density at radius 1 is 1.36 bits per heavy atom. The van der Waals surface area contributed by atoms with Gasteiger partial charge in [-0.25, -0.2) is 0 Å². The highest BCUT2D eigenvalue weighted by Gasteiger charge is 2.14. The van der Waals surface area contributed by atoms with Crippen LogP contribution in [0.1, 0.15) is 20.8 Å². The number of nitrogens with zero attached hydrogens (tertiary/aromatic N) is 1. The molecule has 11 heavy (non-hydrogen) atoms.